The number of thioether (sulfide) groups is 1. The highest BCUT2D eigenvalue weighted by Crippen LogP contribution is 2.20. The molecule has 1 N–H and O–H groups in total. The molecule has 96 valence electrons. The number of hydrogen-bond donors (Lipinski definition) is 1. The molecule has 5 heteroatoms. The minimum atomic E-state index is -0.439. The Morgan fingerprint density at radius 1 is 1.39 bits per heavy atom. The summed E-state index contributed by atoms with van der Waals surface area (Å²) in [6.45, 7) is 5.57. The fourth-order valence-electron chi connectivity index (χ4n) is 1.50. The predicted molar refractivity (Wildman–Crippen MR) is 72.7 cm³/mol. The van der Waals surface area contributed by atoms with E-state index in [4.69, 9.17) is 4.74 Å². The van der Waals surface area contributed by atoms with Gasteiger partial charge in [0.05, 0.1) is 16.8 Å². The Bertz CT molecular complexity index is 524. The molecule has 0 spiro atoms. The van der Waals surface area contributed by atoms with Crippen molar-refractivity contribution in [2.75, 3.05) is 5.75 Å². The van der Waals surface area contributed by atoms with Crippen LogP contribution in [0.4, 0.5) is 0 Å². The van der Waals surface area contributed by atoms with E-state index in [1.54, 1.807) is 0 Å². The standard InChI is InChI=1S/C13H16N2O2S/c1-13(2,3)17-11(16)8-18-12-14-9-6-4-5-7-10(9)15-12/h4-7H,8H2,1-3H3,(H,14,15). The molecule has 0 atom stereocenters. The Balaban J connectivity index is 1.96. The normalized spacial score (nSPS) is 11.7. The number of hydrogen-bond acceptors (Lipinski definition) is 4. The quantitative estimate of drug-likeness (QED) is 0.684. The van der Waals surface area contributed by atoms with Gasteiger partial charge in [0.1, 0.15) is 5.60 Å². The van der Waals surface area contributed by atoms with Crippen LogP contribution in [0.25, 0.3) is 11.0 Å². The molecule has 2 rings (SSSR count). The molecule has 2 aromatic rings. The van der Waals surface area contributed by atoms with Gasteiger partial charge in [0.2, 0.25) is 0 Å². The van der Waals surface area contributed by atoms with Crippen molar-refractivity contribution in [1.29, 1.82) is 0 Å². The first-order chi connectivity index (χ1) is 8.44. The second-order valence-electron chi connectivity index (χ2n) is 4.93. The van der Waals surface area contributed by atoms with Gasteiger partial charge in [0.15, 0.2) is 5.16 Å². The minimum absolute atomic E-state index is 0.229. The van der Waals surface area contributed by atoms with Crippen molar-refractivity contribution in [2.45, 2.75) is 31.5 Å². The van der Waals surface area contributed by atoms with E-state index in [-0.39, 0.29) is 11.7 Å². The lowest BCUT2D eigenvalue weighted by Gasteiger charge is -2.18. The summed E-state index contributed by atoms with van der Waals surface area (Å²) in [6.07, 6.45) is 0. The van der Waals surface area contributed by atoms with Crippen LogP contribution in [-0.2, 0) is 9.53 Å². The van der Waals surface area contributed by atoms with Gasteiger partial charge in [-0.3, -0.25) is 4.79 Å². The Hall–Kier alpha value is -1.49. The predicted octanol–water partition coefficient (Wildman–Crippen LogP) is 3.00. The Kier molecular flexibility index (Phi) is 3.61. The zero-order valence-corrected chi connectivity index (χ0v) is 11.5. The van der Waals surface area contributed by atoms with Gasteiger partial charge < -0.3 is 9.72 Å². The summed E-state index contributed by atoms with van der Waals surface area (Å²) in [6, 6.07) is 7.78. The molecule has 4 nitrogen and oxygen atoms in total. The van der Waals surface area contributed by atoms with E-state index in [1.807, 2.05) is 45.0 Å². The van der Waals surface area contributed by atoms with Gasteiger partial charge in [0.25, 0.3) is 0 Å². The van der Waals surface area contributed by atoms with E-state index < -0.39 is 5.60 Å². The molecule has 0 aliphatic rings. The van der Waals surface area contributed by atoms with Crippen LogP contribution in [0.15, 0.2) is 29.4 Å². The lowest BCUT2D eigenvalue weighted by molar-refractivity contribution is -0.151. The number of rotatable bonds is 3. The van der Waals surface area contributed by atoms with Crippen LogP contribution in [0.3, 0.4) is 0 Å². The Morgan fingerprint density at radius 2 is 2.11 bits per heavy atom. The third-order valence-corrected chi connectivity index (χ3v) is 2.96. The smallest absolute Gasteiger partial charge is 0.316 e. The molecular formula is C13H16N2O2S. The van der Waals surface area contributed by atoms with Crippen LogP contribution in [-0.4, -0.2) is 27.3 Å². The highest BCUT2D eigenvalue weighted by Gasteiger charge is 2.16. The van der Waals surface area contributed by atoms with Crippen LogP contribution in [0.5, 0.6) is 0 Å². The van der Waals surface area contributed by atoms with Gasteiger partial charge in [-0.25, -0.2) is 4.98 Å². The number of H-pyrrole nitrogens is 1. The number of fused-ring (bicyclic) bond motifs is 1. The highest BCUT2D eigenvalue weighted by molar-refractivity contribution is 7.99. The Morgan fingerprint density at radius 3 is 2.78 bits per heavy atom. The summed E-state index contributed by atoms with van der Waals surface area (Å²) in [7, 11) is 0. The summed E-state index contributed by atoms with van der Waals surface area (Å²) in [5, 5.41) is 0.738. The molecule has 0 amide bonds. The molecule has 0 saturated carbocycles. The third-order valence-electron chi connectivity index (χ3n) is 2.11. The molecule has 18 heavy (non-hydrogen) atoms. The van der Waals surface area contributed by atoms with Gasteiger partial charge in [-0.1, -0.05) is 23.9 Å². The number of aromatic amines is 1. The number of nitrogens with zero attached hydrogens (tertiary/aromatic N) is 1. The van der Waals surface area contributed by atoms with Crippen molar-refractivity contribution in [2.24, 2.45) is 0 Å². The summed E-state index contributed by atoms with van der Waals surface area (Å²) in [5.74, 6) is 0.0323. The molecule has 0 saturated heterocycles. The SMILES string of the molecule is CC(C)(C)OC(=O)CSc1nc2ccccc2[nH]1. The zero-order chi connectivity index (χ0) is 13.2. The van der Waals surface area contributed by atoms with Crippen LogP contribution in [0.2, 0.25) is 0 Å². The van der Waals surface area contributed by atoms with E-state index in [2.05, 4.69) is 9.97 Å². The molecule has 0 unspecified atom stereocenters. The maximum Gasteiger partial charge on any atom is 0.316 e. The topological polar surface area (TPSA) is 55.0 Å². The fraction of sp³-hybridized carbons (Fsp3) is 0.385. The van der Waals surface area contributed by atoms with Crippen molar-refractivity contribution in [3.63, 3.8) is 0 Å². The van der Waals surface area contributed by atoms with Gasteiger partial charge in [-0.05, 0) is 32.9 Å². The van der Waals surface area contributed by atoms with E-state index in [0.717, 1.165) is 16.2 Å². The molecule has 1 heterocycles. The Labute approximate surface area is 110 Å². The summed E-state index contributed by atoms with van der Waals surface area (Å²) in [5.41, 5.74) is 1.44. The van der Waals surface area contributed by atoms with Crippen LogP contribution in [0, 0.1) is 0 Å². The van der Waals surface area contributed by atoms with Gasteiger partial charge in [-0.15, -0.1) is 0 Å². The molecule has 0 aliphatic carbocycles. The first kappa shape index (κ1) is 13.0. The first-order valence-electron chi connectivity index (χ1n) is 5.73. The number of imidazole rings is 1. The van der Waals surface area contributed by atoms with Crippen molar-refractivity contribution < 1.29 is 9.53 Å². The monoisotopic (exact) mass is 264 g/mol. The molecule has 1 aromatic heterocycles. The van der Waals surface area contributed by atoms with E-state index in [9.17, 15) is 4.79 Å². The molecule has 0 fully saturated rings. The number of aromatic nitrogens is 2. The second-order valence-corrected chi connectivity index (χ2v) is 5.90. The largest absolute Gasteiger partial charge is 0.459 e. The third kappa shape index (κ3) is 3.50. The highest BCUT2D eigenvalue weighted by atomic mass is 32.2. The number of carbonyl (C=O) groups is 1. The number of esters is 1. The van der Waals surface area contributed by atoms with Crippen LogP contribution >= 0.6 is 11.8 Å². The van der Waals surface area contributed by atoms with Crippen molar-refractivity contribution in [1.82, 2.24) is 9.97 Å². The minimum Gasteiger partial charge on any atom is -0.459 e. The van der Waals surface area contributed by atoms with Crippen molar-refractivity contribution in [3.8, 4) is 0 Å². The maximum atomic E-state index is 11.6. The molecular weight excluding hydrogens is 248 g/mol. The maximum absolute atomic E-state index is 11.6. The number of ether oxygens (including phenoxy) is 1. The van der Waals surface area contributed by atoms with Crippen LogP contribution in [0.1, 0.15) is 20.8 Å². The average molecular weight is 264 g/mol. The van der Waals surface area contributed by atoms with Gasteiger partial charge in [-0.2, -0.15) is 0 Å². The molecule has 0 bridgehead atoms. The number of nitrogens with one attached hydrogen (secondary N) is 1. The number of para-hydroxylation sites is 2. The summed E-state index contributed by atoms with van der Waals surface area (Å²) >= 11 is 1.35. The first-order valence-corrected chi connectivity index (χ1v) is 6.72. The van der Waals surface area contributed by atoms with Gasteiger partial charge >= 0.3 is 5.97 Å². The number of carbonyl (C=O) groups excluding carboxylic acids is 1. The zero-order valence-electron chi connectivity index (χ0n) is 10.7. The molecule has 0 radical (unpaired) electrons. The van der Waals surface area contributed by atoms with Crippen molar-refractivity contribution in [3.05, 3.63) is 24.3 Å². The fourth-order valence-corrected chi connectivity index (χ4v) is 2.15. The molecule has 0 aliphatic heterocycles. The van der Waals surface area contributed by atoms with E-state index in [0.29, 0.717) is 0 Å². The number of benzene rings is 1. The average Bonchev–Trinajstić information content (AvgIpc) is 2.66. The lowest BCUT2D eigenvalue weighted by Crippen LogP contribution is -2.24. The molecule has 1 aromatic carbocycles. The van der Waals surface area contributed by atoms with Crippen molar-refractivity contribution >= 4 is 28.8 Å². The van der Waals surface area contributed by atoms with Crippen LogP contribution < -0.4 is 0 Å². The lowest BCUT2D eigenvalue weighted by atomic mass is 10.2. The summed E-state index contributed by atoms with van der Waals surface area (Å²) in [4.78, 5) is 19.1. The van der Waals surface area contributed by atoms with E-state index in [1.165, 1.54) is 11.8 Å². The van der Waals surface area contributed by atoms with Gasteiger partial charge in [0, 0.05) is 0 Å². The summed E-state index contributed by atoms with van der Waals surface area (Å²) < 4.78 is 5.23. The second kappa shape index (κ2) is 5.02. The van der Waals surface area contributed by atoms with E-state index >= 15 is 0 Å².